The van der Waals surface area contributed by atoms with Crippen LogP contribution in [0.4, 0.5) is 0 Å². The summed E-state index contributed by atoms with van der Waals surface area (Å²) < 4.78 is 27.1. The van der Waals surface area contributed by atoms with Gasteiger partial charge in [0.1, 0.15) is 12.7 Å². The fourth-order valence-electron chi connectivity index (χ4n) is 9.26. The van der Waals surface area contributed by atoms with E-state index in [0.717, 1.165) is 38.5 Å². The molecule has 0 saturated heterocycles. The van der Waals surface area contributed by atoms with Crippen LogP contribution in [0.3, 0.4) is 0 Å². The van der Waals surface area contributed by atoms with E-state index in [4.69, 9.17) is 13.8 Å². The van der Waals surface area contributed by atoms with Gasteiger partial charge in [0.2, 0.25) is 5.91 Å². The summed E-state index contributed by atoms with van der Waals surface area (Å²) in [6.07, 6.45) is 58.5. The molecule has 3 atom stereocenters. The smallest absolute Gasteiger partial charge is 0.472 e. The number of carbonyl (C=O) groups excluding carboxylic acids is 2. The number of phosphoric acid groups is 1. The summed E-state index contributed by atoms with van der Waals surface area (Å²) in [5.41, 5.74) is 0. The third-order valence-electron chi connectivity index (χ3n) is 13.9. The van der Waals surface area contributed by atoms with Crippen LogP contribution in [0.15, 0.2) is 0 Å². The third-order valence-corrected chi connectivity index (χ3v) is 14.8. The number of aliphatic hydroxyl groups excluding tert-OH is 1. The van der Waals surface area contributed by atoms with E-state index in [2.05, 4.69) is 19.2 Å². The molecule has 0 rings (SSSR count). The predicted molar refractivity (Wildman–Crippen MR) is 291 cm³/mol. The zero-order valence-electron chi connectivity index (χ0n) is 45.9. The number of hydrogen-bond acceptors (Lipinski definition) is 8. The minimum Gasteiger partial charge on any atom is -0.480 e. The lowest BCUT2D eigenvalue weighted by Gasteiger charge is -2.18. The first kappa shape index (κ1) is 68.5. The van der Waals surface area contributed by atoms with Crippen LogP contribution in [0, 0.1) is 0 Å². The van der Waals surface area contributed by atoms with Crippen LogP contribution in [0.2, 0.25) is 0 Å². The topological polar surface area (TPSA) is 169 Å². The van der Waals surface area contributed by atoms with E-state index in [1.165, 1.54) is 244 Å². The Morgan fingerprint density at radius 1 is 0.400 bits per heavy atom. The lowest BCUT2D eigenvalue weighted by atomic mass is 10.0. The highest BCUT2D eigenvalue weighted by molar-refractivity contribution is 7.47. The molecule has 0 aliphatic carbocycles. The molecule has 0 radical (unpaired) electrons. The standard InChI is InChI=1S/C58H114NO10P/c1-3-5-7-9-11-13-15-17-19-21-23-25-27-28-29-31-33-35-37-39-41-43-45-47-49-56(61)59-55(58(63)64)53-69-70(65,66)68-52-54(60)51-67-57(62)50-48-46-44-42-40-38-36-34-32-30-26-24-22-20-18-16-14-12-10-8-6-4-2/h54-55,60H,3-53H2,1-2H3,(H,59,61)(H,63,64)(H,65,66). The van der Waals surface area contributed by atoms with Crippen LogP contribution in [0.5, 0.6) is 0 Å². The van der Waals surface area contributed by atoms with Crippen molar-refractivity contribution in [2.75, 3.05) is 19.8 Å². The minimum absolute atomic E-state index is 0.154. The molecule has 4 N–H and O–H groups in total. The number of carboxylic acid groups (broad SMARTS) is 1. The number of carboxylic acids is 1. The van der Waals surface area contributed by atoms with E-state index in [1.807, 2.05) is 0 Å². The van der Waals surface area contributed by atoms with Gasteiger partial charge < -0.3 is 25.2 Å². The average molecular weight is 1020 g/mol. The number of esters is 1. The number of ether oxygens (including phenoxy) is 1. The molecule has 0 spiro atoms. The van der Waals surface area contributed by atoms with Crippen molar-refractivity contribution in [3.05, 3.63) is 0 Å². The summed E-state index contributed by atoms with van der Waals surface area (Å²) in [6.45, 7) is 2.69. The molecule has 0 heterocycles. The Kier molecular flexibility index (Phi) is 52.6. The maximum Gasteiger partial charge on any atom is 0.472 e. The highest BCUT2D eigenvalue weighted by atomic mass is 31.2. The fourth-order valence-corrected chi connectivity index (χ4v) is 10.0. The minimum atomic E-state index is -4.76. The van der Waals surface area contributed by atoms with Crippen molar-refractivity contribution in [3.63, 3.8) is 0 Å². The summed E-state index contributed by atoms with van der Waals surface area (Å²) in [6, 6.07) is -1.54. The number of nitrogens with one attached hydrogen (secondary N) is 1. The molecule has 1 amide bonds. The monoisotopic (exact) mass is 1020 g/mol. The highest BCUT2D eigenvalue weighted by Crippen LogP contribution is 2.43. The molecule has 0 aliphatic heterocycles. The number of phosphoric ester groups is 1. The van der Waals surface area contributed by atoms with Crippen molar-refractivity contribution in [1.29, 1.82) is 0 Å². The van der Waals surface area contributed by atoms with Crippen molar-refractivity contribution < 1.29 is 47.8 Å². The maximum absolute atomic E-state index is 12.4. The van der Waals surface area contributed by atoms with Crippen LogP contribution in [-0.4, -0.2) is 64.9 Å². The van der Waals surface area contributed by atoms with E-state index in [1.54, 1.807) is 0 Å². The van der Waals surface area contributed by atoms with Gasteiger partial charge >= 0.3 is 19.8 Å². The Balaban J connectivity index is 3.70. The van der Waals surface area contributed by atoms with Gasteiger partial charge in [0.25, 0.3) is 0 Å². The van der Waals surface area contributed by atoms with Gasteiger partial charge in [-0.1, -0.05) is 296 Å². The highest BCUT2D eigenvalue weighted by Gasteiger charge is 2.28. The van der Waals surface area contributed by atoms with E-state index >= 15 is 0 Å². The second kappa shape index (κ2) is 53.8. The van der Waals surface area contributed by atoms with Crippen LogP contribution in [0.25, 0.3) is 0 Å². The number of rotatable bonds is 58. The van der Waals surface area contributed by atoms with Gasteiger partial charge in [0.05, 0.1) is 13.2 Å². The second-order valence-corrected chi connectivity index (χ2v) is 22.4. The normalized spacial score (nSPS) is 13.3. The molecule has 0 bridgehead atoms. The molecular weight excluding hydrogens is 902 g/mol. The summed E-state index contributed by atoms with van der Waals surface area (Å²) in [5, 5.41) is 22.0. The first-order chi connectivity index (χ1) is 34.1. The Bertz CT molecular complexity index is 1190. The van der Waals surface area contributed by atoms with Crippen LogP contribution in [-0.2, 0) is 32.7 Å². The average Bonchev–Trinajstić information content (AvgIpc) is 3.34. The van der Waals surface area contributed by atoms with Gasteiger partial charge in [-0.15, -0.1) is 0 Å². The van der Waals surface area contributed by atoms with Gasteiger partial charge in [-0.05, 0) is 12.8 Å². The number of aliphatic hydroxyl groups is 1. The SMILES string of the molecule is CCCCCCCCCCCCCCCCCCCCCCCCCCC(=O)NC(COP(=O)(O)OCC(O)COC(=O)CCCCCCCCCCCCCCCCCCCCCCCC)C(=O)O. The zero-order valence-corrected chi connectivity index (χ0v) is 46.8. The van der Waals surface area contributed by atoms with Crippen molar-refractivity contribution in [1.82, 2.24) is 5.32 Å². The van der Waals surface area contributed by atoms with Gasteiger partial charge in [-0.2, -0.15) is 0 Å². The second-order valence-electron chi connectivity index (χ2n) is 20.9. The summed E-state index contributed by atoms with van der Waals surface area (Å²) in [7, 11) is -4.76. The van der Waals surface area contributed by atoms with Crippen molar-refractivity contribution in [2.24, 2.45) is 0 Å². The van der Waals surface area contributed by atoms with Gasteiger partial charge in [0.15, 0.2) is 6.04 Å². The molecule has 0 aliphatic rings. The molecule has 11 nitrogen and oxygen atoms in total. The third kappa shape index (κ3) is 52.8. The predicted octanol–water partition coefficient (Wildman–Crippen LogP) is 17.4. The van der Waals surface area contributed by atoms with Crippen LogP contribution < -0.4 is 5.32 Å². The summed E-state index contributed by atoms with van der Waals surface area (Å²) in [5.74, 6) is -2.34. The lowest BCUT2D eigenvalue weighted by molar-refractivity contribution is -0.147. The largest absolute Gasteiger partial charge is 0.480 e. The number of unbranched alkanes of at least 4 members (excludes halogenated alkanes) is 44. The Morgan fingerprint density at radius 3 is 0.943 bits per heavy atom. The fraction of sp³-hybridized carbons (Fsp3) is 0.948. The Labute approximate surface area is 431 Å². The van der Waals surface area contributed by atoms with Gasteiger partial charge in [0, 0.05) is 12.8 Å². The van der Waals surface area contributed by atoms with E-state index in [9.17, 15) is 34.1 Å². The molecular formula is C58H114NO10P. The Morgan fingerprint density at radius 2 is 0.657 bits per heavy atom. The maximum atomic E-state index is 12.4. The molecule has 70 heavy (non-hydrogen) atoms. The summed E-state index contributed by atoms with van der Waals surface area (Å²) >= 11 is 0. The van der Waals surface area contributed by atoms with E-state index in [-0.39, 0.29) is 12.8 Å². The number of hydrogen-bond donors (Lipinski definition) is 4. The van der Waals surface area contributed by atoms with E-state index < -0.39 is 57.6 Å². The first-order valence-corrected chi connectivity index (χ1v) is 31.6. The number of carbonyl (C=O) groups is 3. The molecule has 0 aromatic carbocycles. The van der Waals surface area contributed by atoms with Crippen molar-refractivity contribution in [2.45, 2.75) is 334 Å². The Hall–Kier alpha value is -1.52. The van der Waals surface area contributed by atoms with Gasteiger partial charge in [-0.25, -0.2) is 9.36 Å². The van der Waals surface area contributed by atoms with Crippen LogP contribution in [0.1, 0.15) is 322 Å². The number of amides is 1. The molecule has 0 aromatic rings. The quantitative estimate of drug-likeness (QED) is 0.0261. The number of aliphatic carboxylic acids is 1. The molecule has 416 valence electrons. The molecule has 0 fully saturated rings. The van der Waals surface area contributed by atoms with Crippen molar-refractivity contribution >= 4 is 25.7 Å². The van der Waals surface area contributed by atoms with Crippen LogP contribution >= 0.6 is 7.82 Å². The molecule has 3 unspecified atom stereocenters. The molecule has 0 aromatic heterocycles. The molecule has 0 saturated carbocycles. The lowest BCUT2D eigenvalue weighted by Crippen LogP contribution is -2.43. The zero-order chi connectivity index (χ0) is 51.3. The van der Waals surface area contributed by atoms with Crippen molar-refractivity contribution in [3.8, 4) is 0 Å². The summed E-state index contributed by atoms with van der Waals surface area (Å²) in [4.78, 5) is 46.3. The van der Waals surface area contributed by atoms with Gasteiger partial charge in [-0.3, -0.25) is 18.6 Å². The van der Waals surface area contributed by atoms with E-state index in [0.29, 0.717) is 12.8 Å². The molecule has 12 heteroatoms. The first-order valence-electron chi connectivity index (χ1n) is 30.1.